The Morgan fingerprint density at radius 3 is 2.60 bits per heavy atom. The quantitative estimate of drug-likeness (QED) is 0.613. The van der Waals surface area contributed by atoms with E-state index in [1.807, 2.05) is 0 Å². The maximum atomic E-state index is 11.9. The van der Waals surface area contributed by atoms with Crippen LogP contribution in [0.25, 0.3) is 0 Å². The number of nitrogens with zero attached hydrogens (tertiary/aromatic N) is 1. The predicted molar refractivity (Wildman–Crippen MR) is 68.4 cm³/mol. The van der Waals surface area contributed by atoms with Crippen LogP contribution in [-0.2, 0) is 14.3 Å². The van der Waals surface area contributed by atoms with Gasteiger partial charge in [0.15, 0.2) is 0 Å². The fourth-order valence-electron chi connectivity index (χ4n) is 2.06. The second-order valence-electron chi connectivity index (χ2n) is 4.72. The first kappa shape index (κ1) is 16.2. The molecule has 0 saturated carbocycles. The molecule has 0 spiro atoms. The number of methoxy groups -OCH3 is 1. The molecule has 8 nitrogen and oxygen atoms in total. The van der Waals surface area contributed by atoms with Crippen LogP contribution in [0.4, 0.5) is 4.79 Å². The number of ether oxygens (including phenoxy) is 1. The number of urea groups is 1. The van der Waals surface area contributed by atoms with Crippen LogP contribution < -0.4 is 5.32 Å². The number of carbonyl (C=O) groups excluding carboxylic acids is 1. The molecule has 114 valence electrons. The lowest BCUT2D eigenvalue weighted by Gasteiger charge is -2.20. The molecule has 2 atom stereocenters. The molecule has 0 aromatic carbocycles. The molecule has 20 heavy (non-hydrogen) atoms. The number of amides is 2. The number of carboxylic acids is 2. The van der Waals surface area contributed by atoms with E-state index in [0.717, 1.165) is 6.42 Å². The maximum Gasteiger partial charge on any atom is 0.326 e. The van der Waals surface area contributed by atoms with Crippen LogP contribution in [-0.4, -0.2) is 65.4 Å². The van der Waals surface area contributed by atoms with Crippen LogP contribution in [0.2, 0.25) is 0 Å². The van der Waals surface area contributed by atoms with Gasteiger partial charge in [0.1, 0.15) is 6.04 Å². The molecule has 1 aliphatic rings. The number of aliphatic carboxylic acids is 2. The summed E-state index contributed by atoms with van der Waals surface area (Å²) in [6.45, 7) is 0.954. The van der Waals surface area contributed by atoms with E-state index < -0.39 is 24.0 Å². The molecule has 1 saturated heterocycles. The highest BCUT2D eigenvalue weighted by Gasteiger charge is 2.28. The SMILES string of the molecule is COC1CCN(C(=O)N[C@H](CCCC(=O)O)C(=O)O)C1. The monoisotopic (exact) mass is 288 g/mol. The first-order chi connectivity index (χ1) is 9.43. The molecule has 0 aliphatic carbocycles. The third kappa shape index (κ3) is 5.04. The third-order valence-electron chi connectivity index (χ3n) is 3.24. The summed E-state index contributed by atoms with van der Waals surface area (Å²) < 4.78 is 5.13. The fraction of sp³-hybridized carbons (Fsp3) is 0.750. The highest BCUT2D eigenvalue weighted by atomic mass is 16.5. The second-order valence-corrected chi connectivity index (χ2v) is 4.72. The van der Waals surface area contributed by atoms with E-state index in [2.05, 4.69) is 5.32 Å². The van der Waals surface area contributed by atoms with Crippen molar-refractivity contribution in [2.45, 2.75) is 37.8 Å². The fourth-order valence-corrected chi connectivity index (χ4v) is 2.06. The lowest BCUT2D eigenvalue weighted by atomic mass is 10.1. The average Bonchev–Trinajstić information content (AvgIpc) is 2.85. The van der Waals surface area contributed by atoms with Gasteiger partial charge in [0.2, 0.25) is 0 Å². The summed E-state index contributed by atoms with van der Waals surface area (Å²) in [6.07, 6.45) is 0.883. The molecule has 0 aromatic heterocycles. The van der Waals surface area contributed by atoms with Crippen LogP contribution >= 0.6 is 0 Å². The van der Waals surface area contributed by atoms with E-state index in [1.165, 1.54) is 4.90 Å². The minimum absolute atomic E-state index is 0.0176. The van der Waals surface area contributed by atoms with Crippen molar-refractivity contribution in [1.29, 1.82) is 0 Å². The normalized spacial score (nSPS) is 19.6. The summed E-state index contributed by atoms with van der Waals surface area (Å²) in [5.74, 6) is -2.14. The van der Waals surface area contributed by atoms with Gasteiger partial charge in [-0.15, -0.1) is 0 Å². The van der Waals surface area contributed by atoms with Crippen molar-refractivity contribution < 1.29 is 29.3 Å². The summed E-state index contributed by atoms with van der Waals surface area (Å²) in [4.78, 5) is 34.8. The van der Waals surface area contributed by atoms with Crippen LogP contribution in [0.3, 0.4) is 0 Å². The average molecular weight is 288 g/mol. The largest absolute Gasteiger partial charge is 0.481 e. The lowest BCUT2D eigenvalue weighted by Crippen LogP contribution is -2.47. The first-order valence-electron chi connectivity index (χ1n) is 6.47. The highest BCUT2D eigenvalue weighted by Crippen LogP contribution is 2.12. The molecule has 1 unspecified atom stereocenters. The predicted octanol–water partition coefficient (Wildman–Crippen LogP) is 0.125. The molecule has 1 aliphatic heterocycles. The smallest absolute Gasteiger partial charge is 0.326 e. The third-order valence-corrected chi connectivity index (χ3v) is 3.24. The molecule has 0 bridgehead atoms. The summed E-state index contributed by atoms with van der Waals surface area (Å²) in [5.41, 5.74) is 0. The summed E-state index contributed by atoms with van der Waals surface area (Å²) >= 11 is 0. The van der Waals surface area contributed by atoms with Gasteiger partial charge in [0, 0.05) is 26.6 Å². The summed E-state index contributed by atoms with van der Waals surface area (Å²) in [6, 6.07) is -1.52. The number of hydrogen-bond acceptors (Lipinski definition) is 4. The Balaban J connectivity index is 2.43. The zero-order chi connectivity index (χ0) is 15.1. The van der Waals surface area contributed by atoms with E-state index in [0.29, 0.717) is 13.1 Å². The van der Waals surface area contributed by atoms with Crippen molar-refractivity contribution in [3.8, 4) is 0 Å². The Hall–Kier alpha value is -1.83. The van der Waals surface area contributed by atoms with Crippen LogP contribution in [0.15, 0.2) is 0 Å². The molecule has 0 aromatic rings. The van der Waals surface area contributed by atoms with E-state index in [-0.39, 0.29) is 25.4 Å². The van der Waals surface area contributed by atoms with E-state index in [1.54, 1.807) is 7.11 Å². The number of rotatable bonds is 7. The molecule has 1 fully saturated rings. The van der Waals surface area contributed by atoms with Crippen molar-refractivity contribution in [2.24, 2.45) is 0 Å². The Kier molecular flexibility index (Phi) is 6.23. The standard InChI is InChI=1S/C12H20N2O6/c1-20-8-5-6-14(7-8)12(19)13-9(11(17)18)3-2-4-10(15)16/h8-9H,2-7H2,1H3,(H,13,19)(H,15,16)(H,17,18)/t8?,9-/m1/s1. The lowest BCUT2D eigenvalue weighted by molar-refractivity contribution is -0.140. The van der Waals surface area contributed by atoms with Crippen molar-refractivity contribution in [3.63, 3.8) is 0 Å². The molecule has 2 amide bonds. The summed E-state index contributed by atoms with van der Waals surface area (Å²) in [7, 11) is 1.57. The van der Waals surface area contributed by atoms with Gasteiger partial charge in [-0.05, 0) is 19.3 Å². The van der Waals surface area contributed by atoms with Gasteiger partial charge in [0.25, 0.3) is 0 Å². The Morgan fingerprint density at radius 1 is 1.40 bits per heavy atom. The van der Waals surface area contributed by atoms with Gasteiger partial charge in [-0.25, -0.2) is 9.59 Å². The molecule has 8 heteroatoms. The van der Waals surface area contributed by atoms with Gasteiger partial charge >= 0.3 is 18.0 Å². The number of nitrogens with one attached hydrogen (secondary N) is 1. The van der Waals surface area contributed by atoms with Gasteiger partial charge in [-0.1, -0.05) is 0 Å². The maximum absolute atomic E-state index is 11.9. The molecular formula is C12H20N2O6. The zero-order valence-electron chi connectivity index (χ0n) is 11.4. The van der Waals surface area contributed by atoms with Crippen molar-refractivity contribution in [3.05, 3.63) is 0 Å². The second kappa shape index (κ2) is 7.68. The van der Waals surface area contributed by atoms with Crippen LogP contribution in [0.1, 0.15) is 25.7 Å². The Morgan fingerprint density at radius 2 is 2.10 bits per heavy atom. The highest BCUT2D eigenvalue weighted by molar-refractivity contribution is 5.82. The minimum atomic E-state index is -1.16. The van der Waals surface area contributed by atoms with Crippen LogP contribution in [0.5, 0.6) is 0 Å². The molecule has 3 N–H and O–H groups in total. The number of carboxylic acid groups (broad SMARTS) is 2. The topological polar surface area (TPSA) is 116 Å². The van der Waals surface area contributed by atoms with E-state index in [9.17, 15) is 14.4 Å². The van der Waals surface area contributed by atoms with Crippen molar-refractivity contribution in [2.75, 3.05) is 20.2 Å². The number of hydrogen-bond donors (Lipinski definition) is 3. The Bertz CT molecular complexity index is 373. The number of carbonyl (C=O) groups is 3. The van der Waals surface area contributed by atoms with Crippen molar-refractivity contribution in [1.82, 2.24) is 10.2 Å². The molecule has 0 radical (unpaired) electrons. The Labute approximate surface area is 116 Å². The first-order valence-corrected chi connectivity index (χ1v) is 6.47. The minimum Gasteiger partial charge on any atom is -0.481 e. The van der Waals surface area contributed by atoms with Gasteiger partial charge in [0.05, 0.1) is 6.10 Å². The zero-order valence-corrected chi connectivity index (χ0v) is 11.4. The number of likely N-dealkylation sites (tertiary alicyclic amines) is 1. The van der Waals surface area contributed by atoms with E-state index in [4.69, 9.17) is 14.9 Å². The van der Waals surface area contributed by atoms with Crippen molar-refractivity contribution >= 4 is 18.0 Å². The van der Waals surface area contributed by atoms with Crippen LogP contribution in [0, 0.1) is 0 Å². The van der Waals surface area contributed by atoms with Gasteiger partial charge < -0.3 is 25.2 Å². The molecular weight excluding hydrogens is 268 g/mol. The molecule has 1 heterocycles. The summed E-state index contributed by atoms with van der Waals surface area (Å²) in [5, 5.41) is 20.0. The van der Waals surface area contributed by atoms with Gasteiger partial charge in [-0.3, -0.25) is 4.79 Å². The van der Waals surface area contributed by atoms with Gasteiger partial charge in [-0.2, -0.15) is 0 Å². The molecule has 1 rings (SSSR count). The van der Waals surface area contributed by atoms with E-state index >= 15 is 0 Å².